The van der Waals surface area contributed by atoms with E-state index in [1.54, 1.807) is 6.92 Å². The topological polar surface area (TPSA) is 49.3 Å². The van der Waals surface area contributed by atoms with Crippen molar-refractivity contribution in [2.45, 2.75) is 25.8 Å². The van der Waals surface area contributed by atoms with Crippen molar-refractivity contribution in [1.82, 2.24) is 5.32 Å². The Balaban J connectivity index is 2.58. The molecule has 0 bridgehead atoms. The molecule has 0 fully saturated rings. The molecule has 0 aromatic heterocycles. The van der Waals surface area contributed by atoms with Crippen molar-refractivity contribution in [3.63, 3.8) is 0 Å². The van der Waals surface area contributed by atoms with Gasteiger partial charge in [0.2, 0.25) is 0 Å². The van der Waals surface area contributed by atoms with E-state index >= 15 is 0 Å². The zero-order valence-corrected chi connectivity index (χ0v) is 11.7. The molecule has 0 heterocycles. The van der Waals surface area contributed by atoms with Gasteiger partial charge in [-0.3, -0.25) is 4.79 Å². The van der Waals surface area contributed by atoms with Gasteiger partial charge in [-0.05, 0) is 30.1 Å². The summed E-state index contributed by atoms with van der Waals surface area (Å²) in [6.45, 7) is 4.47. The molecule has 2 N–H and O–H groups in total. The second-order valence-electron chi connectivity index (χ2n) is 4.61. The number of carboxylic acids is 1. The Hall–Kier alpha value is -1.00. The molecule has 3 atom stereocenters. The molecule has 0 spiro atoms. The smallest absolute Gasteiger partial charge is 0.320 e. The van der Waals surface area contributed by atoms with Crippen molar-refractivity contribution in [1.29, 1.82) is 0 Å². The lowest BCUT2D eigenvalue weighted by Gasteiger charge is -2.24. The lowest BCUT2D eigenvalue weighted by molar-refractivity contribution is -0.139. The van der Waals surface area contributed by atoms with E-state index in [0.717, 1.165) is 5.75 Å². The maximum atomic E-state index is 10.8. The SMILES string of the molecule is CC(c1ccccc1)C(CS)CN[C@@H](C)C(=O)O. The Kier molecular flexibility index (Phi) is 6.22. The van der Waals surface area contributed by atoms with Crippen LogP contribution in [0.1, 0.15) is 25.3 Å². The third-order valence-corrected chi connectivity index (χ3v) is 3.79. The molecule has 1 aromatic carbocycles. The van der Waals surface area contributed by atoms with E-state index in [2.05, 4.69) is 37.0 Å². The Morgan fingerprint density at radius 1 is 1.33 bits per heavy atom. The molecule has 0 saturated heterocycles. The largest absolute Gasteiger partial charge is 0.480 e. The van der Waals surface area contributed by atoms with Gasteiger partial charge in [-0.1, -0.05) is 37.3 Å². The highest BCUT2D eigenvalue weighted by Crippen LogP contribution is 2.24. The number of hydrogen-bond acceptors (Lipinski definition) is 3. The van der Waals surface area contributed by atoms with Crippen molar-refractivity contribution < 1.29 is 9.90 Å². The molecule has 18 heavy (non-hydrogen) atoms. The molecular formula is C14H21NO2S. The predicted octanol–water partition coefficient (Wildman–Crippen LogP) is 2.40. The Morgan fingerprint density at radius 2 is 1.94 bits per heavy atom. The summed E-state index contributed by atoms with van der Waals surface area (Å²) >= 11 is 4.37. The molecule has 0 amide bonds. The van der Waals surface area contributed by atoms with E-state index in [1.807, 2.05) is 18.2 Å². The van der Waals surface area contributed by atoms with E-state index in [1.165, 1.54) is 5.56 Å². The first-order chi connectivity index (χ1) is 8.56. The summed E-state index contributed by atoms with van der Waals surface area (Å²) in [6.07, 6.45) is 0. The fourth-order valence-electron chi connectivity index (χ4n) is 1.84. The minimum Gasteiger partial charge on any atom is -0.480 e. The summed E-state index contributed by atoms with van der Waals surface area (Å²) in [5, 5.41) is 11.9. The Morgan fingerprint density at radius 3 is 2.44 bits per heavy atom. The number of hydrogen-bond donors (Lipinski definition) is 3. The highest BCUT2D eigenvalue weighted by molar-refractivity contribution is 7.80. The number of carbonyl (C=O) groups is 1. The molecule has 0 saturated carbocycles. The first-order valence-electron chi connectivity index (χ1n) is 6.18. The molecule has 100 valence electrons. The van der Waals surface area contributed by atoms with Crippen molar-refractivity contribution in [3.05, 3.63) is 35.9 Å². The second-order valence-corrected chi connectivity index (χ2v) is 4.98. The van der Waals surface area contributed by atoms with E-state index in [4.69, 9.17) is 5.11 Å². The number of carboxylic acid groups (broad SMARTS) is 1. The van der Waals surface area contributed by atoms with Crippen molar-refractivity contribution in [3.8, 4) is 0 Å². The van der Waals surface area contributed by atoms with Gasteiger partial charge < -0.3 is 10.4 Å². The molecule has 3 nitrogen and oxygen atoms in total. The summed E-state index contributed by atoms with van der Waals surface area (Å²) in [4.78, 5) is 10.8. The average molecular weight is 267 g/mol. The van der Waals surface area contributed by atoms with Crippen LogP contribution >= 0.6 is 12.6 Å². The number of nitrogens with one attached hydrogen (secondary N) is 1. The normalized spacial score (nSPS) is 15.9. The van der Waals surface area contributed by atoms with Gasteiger partial charge in [-0.25, -0.2) is 0 Å². The van der Waals surface area contributed by atoms with Crippen molar-refractivity contribution >= 4 is 18.6 Å². The van der Waals surface area contributed by atoms with Crippen LogP contribution in [-0.2, 0) is 4.79 Å². The fraction of sp³-hybridized carbons (Fsp3) is 0.500. The highest BCUT2D eigenvalue weighted by atomic mass is 32.1. The number of rotatable bonds is 7. The summed E-state index contributed by atoms with van der Waals surface area (Å²) in [5.74, 6) is 0.588. The van der Waals surface area contributed by atoms with Crippen LogP contribution in [0.3, 0.4) is 0 Å². The molecule has 0 aliphatic carbocycles. The van der Waals surface area contributed by atoms with Gasteiger partial charge in [0, 0.05) is 6.54 Å². The predicted molar refractivity (Wildman–Crippen MR) is 77.3 cm³/mol. The monoisotopic (exact) mass is 267 g/mol. The summed E-state index contributed by atoms with van der Waals surface area (Å²) < 4.78 is 0. The van der Waals surface area contributed by atoms with Gasteiger partial charge in [0.15, 0.2) is 0 Å². The minimum atomic E-state index is -0.819. The lowest BCUT2D eigenvalue weighted by atomic mass is 9.88. The number of thiol groups is 1. The highest BCUT2D eigenvalue weighted by Gasteiger charge is 2.19. The zero-order chi connectivity index (χ0) is 13.5. The van der Waals surface area contributed by atoms with E-state index in [-0.39, 0.29) is 0 Å². The van der Waals surface area contributed by atoms with Gasteiger partial charge >= 0.3 is 5.97 Å². The first kappa shape index (κ1) is 15.1. The van der Waals surface area contributed by atoms with Crippen molar-refractivity contribution in [2.24, 2.45) is 5.92 Å². The fourth-order valence-corrected chi connectivity index (χ4v) is 2.29. The molecule has 0 radical (unpaired) electrons. The molecule has 1 aromatic rings. The first-order valence-corrected chi connectivity index (χ1v) is 6.81. The Bertz CT molecular complexity index is 369. The summed E-state index contributed by atoms with van der Waals surface area (Å²) in [7, 11) is 0. The van der Waals surface area contributed by atoms with Crippen LogP contribution in [0, 0.1) is 5.92 Å². The van der Waals surface area contributed by atoms with E-state index in [9.17, 15) is 4.79 Å². The summed E-state index contributed by atoms with van der Waals surface area (Å²) in [5.41, 5.74) is 1.27. The minimum absolute atomic E-state index is 0.317. The third kappa shape index (κ3) is 4.35. The van der Waals surface area contributed by atoms with Gasteiger partial charge in [0.05, 0.1) is 0 Å². The van der Waals surface area contributed by atoms with Crippen LogP contribution in [0.5, 0.6) is 0 Å². The molecular weight excluding hydrogens is 246 g/mol. The second kappa shape index (κ2) is 7.44. The van der Waals surface area contributed by atoms with E-state index < -0.39 is 12.0 Å². The molecule has 0 aliphatic heterocycles. The van der Waals surface area contributed by atoms with Crippen LogP contribution in [-0.4, -0.2) is 29.4 Å². The molecule has 4 heteroatoms. The molecule has 2 unspecified atom stereocenters. The average Bonchev–Trinajstić information content (AvgIpc) is 2.39. The quantitative estimate of drug-likeness (QED) is 0.665. The zero-order valence-electron chi connectivity index (χ0n) is 10.8. The van der Waals surface area contributed by atoms with Gasteiger partial charge in [-0.15, -0.1) is 0 Å². The van der Waals surface area contributed by atoms with Crippen LogP contribution in [0.25, 0.3) is 0 Å². The van der Waals surface area contributed by atoms with Crippen LogP contribution in [0.15, 0.2) is 30.3 Å². The number of aliphatic carboxylic acids is 1. The van der Waals surface area contributed by atoms with Gasteiger partial charge in [0.25, 0.3) is 0 Å². The number of benzene rings is 1. The maximum Gasteiger partial charge on any atom is 0.320 e. The van der Waals surface area contributed by atoms with Crippen LogP contribution < -0.4 is 5.32 Å². The molecule has 0 aliphatic rings. The molecule has 1 rings (SSSR count). The Labute approximate surface area is 114 Å². The maximum absolute atomic E-state index is 10.8. The van der Waals surface area contributed by atoms with Gasteiger partial charge in [0.1, 0.15) is 6.04 Å². The van der Waals surface area contributed by atoms with Crippen LogP contribution in [0.4, 0.5) is 0 Å². The van der Waals surface area contributed by atoms with Crippen molar-refractivity contribution in [2.75, 3.05) is 12.3 Å². The van der Waals surface area contributed by atoms with E-state index in [0.29, 0.717) is 18.4 Å². The lowest BCUT2D eigenvalue weighted by Crippen LogP contribution is -2.38. The summed E-state index contributed by atoms with van der Waals surface area (Å²) in [6, 6.07) is 9.72. The standard InChI is InChI=1S/C14H21NO2S/c1-10(12-6-4-3-5-7-12)13(9-18)8-15-11(2)14(16)17/h3-7,10-11,13,15,18H,8-9H2,1-2H3,(H,16,17)/t10?,11-,13?/m0/s1. The van der Waals surface area contributed by atoms with Crippen LogP contribution in [0.2, 0.25) is 0 Å². The third-order valence-electron chi connectivity index (χ3n) is 3.32. The van der Waals surface area contributed by atoms with Gasteiger partial charge in [-0.2, -0.15) is 12.6 Å².